The molecule has 20 heavy (non-hydrogen) atoms. The molecule has 2 amide bonds. The maximum absolute atomic E-state index is 12.0. The van der Waals surface area contributed by atoms with E-state index in [9.17, 15) is 9.59 Å². The second-order valence-corrected chi connectivity index (χ2v) is 5.03. The number of hydrogen-bond acceptors (Lipinski definition) is 2. The molecule has 1 rings (SSSR count). The number of carbonyl (C=O) groups is 2. The molecular formula is C14H19ClN2O3. The van der Waals surface area contributed by atoms with Crippen molar-refractivity contribution >= 4 is 23.6 Å². The predicted octanol–water partition coefficient (Wildman–Crippen LogP) is 2.91. The lowest BCUT2D eigenvalue weighted by Crippen LogP contribution is -2.47. The van der Waals surface area contributed by atoms with Crippen LogP contribution < -0.4 is 5.32 Å². The molecule has 1 aromatic carbocycles. The van der Waals surface area contributed by atoms with Crippen molar-refractivity contribution in [2.45, 2.75) is 32.4 Å². The standard InChI is InChI=1S/C14H19ClN2O3/c1-4-12(13(18)19)17(3)14(20)16-9(2)10-5-7-11(15)8-6-10/h5-9,12H,4H2,1-3H3,(H,16,20)(H,18,19). The minimum Gasteiger partial charge on any atom is -0.480 e. The molecule has 0 aliphatic heterocycles. The summed E-state index contributed by atoms with van der Waals surface area (Å²) in [5.74, 6) is -1.01. The van der Waals surface area contributed by atoms with Crippen LogP contribution >= 0.6 is 11.6 Å². The average Bonchev–Trinajstić information content (AvgIpc) is 2.39. The Labute approximate surface area is 123 Å². The Balaban J connectivity index is 2.69. The number of carbonyl (C=O) groups excluding carboxylic acids is 1. The van der Waals surface area contributed by atoms with Crippen molar-refractivity contribution < 1.29 is 14.7 Å². The van der Waals surface area contributed by atoms with E-state index in [0.29, 0.717) is 11.4 Å². The van der Waals surface area contributed by atoms with Crippen molar-refractivity contribution in [2.24, 2.45) is 0 Å². The fourth-order valence-corrected chi connectivity index (χ4v) is 2.00. The van der Waals surface area contributed by atoms with Crippen molar-refractivity contribution in [1.29, 1.82) is 0 Å². The van der Waals surface area contributed by atoms with Crippen LogP contribution in [0.4, 0.5) is 4.79 Å². The summed E-state index contributed by atoms with van der Waals surface area (Å²) in [4.78, 5) is 24.3. The third-order valence-electron chi connectivity index (χ3n) is 3.17. The molecule has 0 bridgehead atoms. The second-order valence-electron chi connectivity index (χ2n) is 4.60. The zero-order valence-electron chi connectivity index (χ0n) is 11.8. The number of benzene rings is 1. The zero-order chi connectivity index (χ0) is 15.3. The van der Waals surface area contributed by atoms with E-state index < -0.39 is 18.0 Å². The summed E-state index contributed by atoms with van der Waals surface area (Å²) in [7, 11) is 1.48. The Morgan fingerprint density at radius 3 is 2.35 bits per heavy atom. The SMILES string of the molecule is CCC(C(=O)O)N(C)C(=O)NC(C)c1ccc(Cl)cc1. The molecule has 0 aliphatic rings. The second kappa shape index (κ2) is 7.14. The molecular weight excluding hydrogens is 280 g/mol. The summed E-state index contributed by atoms with van der Waals surface area (Å²) in [5, 5.41) is 12.4. The van der Waals surface area contributed by atoms with Crippen LogP contribution in [0.25, 0.3) is 0 Å². The summed E-state index contributed by atoms with van der Waals surface area (Å²) < 4.78 is 0. The van der Waals surface area contributed by atoms with Gasteiger partial charge in [0.25, 0.3) is 0 Å². The van der Waals surface area contributed by atoms with Crippen molar-refractivity contribution in [2.75, 3.05) is 7.05 Å². The van der Waals surface area contributed by atoms with E-state index in [1.54, 1.807) is 19.1 Å². The van der Waals surface area contributed by atoms with Crippen LogP contribution in [-0.2, 0) is 4.79 Å². The Morgan fingerprint density at radius 2 is 1.90 bits per heavy atom. The molecule has 0 heterocycles. The number of urea groups is 1. The van der Waals surface area contributed by atoms with Crippen LogP contribution in [0.1, 0.15) is 31.9 Å². The molecule has 2 N–H and O–H groups in total. The highest BCUT2D eigenvalue weighted by molar-refractivity contribution is 6.30. The van der Waals surface area contributed by atoms with Gasteiger partial charge in [-0.15, -0.1) is 0 Å². The highest BCUT2D eigenvalue weighted by Crippen LogP contribution is 2.16. The van der Waals surface area contributed by atoms with E-state index in [1.807, 2.05) is 19.1 Å². The molecule has 6 heteroatoms. The van der Waals surface area contributed by atoms with Gasteiger partial charge in [0.1, 0.15) is 6.04 Å². The van der Waals surface area contributed by atoms with E-state index in [-0.39, 0.29) is 6.04 Å². The average molecular weight is 299 g/mol. The monoisotopic (exact) mass is 298 g/mol. The van der Waals surface area contributed by atoms with E-state index in [1.165, 1.54) is 11.9 Å². The molecule has 0 spiro atoms. The maximum atomic E-state index is 12.0. The minimum atomic E-state index is -1.01. The number of aliphatic carboxylic acids is 1. The maximum Gasteiger partial charge on any atom is 0.326 e. The Hall–Kier alpha value is -1.75. The number of carboxylic acids is 1. The number of halogens is 1. The lowest BCUT2D eigenvalue weighted by molar-refractivity contribution is -0.141. The van der Waals surface area contributed by atoms with Crippen LogP contribution in [0.15, 0.2) is 24.3 Å². The van der Waals surface area contributed by atoms with Gasteiger partial charge in [-0.2, -0.15) is 0 Å². The van der Waals surface area contributed by atoms with Gasteiger partial charge in [0, 0.05) is 12.1 Å². The van der Waals surface area contributed by atoms with Gasteiger partial charge in [0.05, 0.1) is 6.04 Å². The quantitative estimate of drug-likeness (QED) is 0.878. The molecule has 0 aliphatic carbocycles. The summed E-state index contributed by atoms with van der Waals surface area (Å²) in [6.07, 6.45) is 0.356. The van der Waals surface area contributed by atoms with E-state index in [4.69, 9.17) is 16.7 Å². The molecule has 0 fully saturated rings. The van der Waals surface area contributed by atoms with E-state index >= 15 is 0 Å². The van der Waals surface area contributed by atoms with Gasteiger partial charge >= 0.3 is 12.0 Å². The highest BCUT2D eigenvalue weighted by Gasteiger charge is 2.25. The van der Waals surface area contributed by atoms with Gasteiger partial charge < -0.3 is 15.3 Å². The van der Waals surface area contributed by atoms with Gasteiger partial charge in [-0.1, -0.05) is 30.7 Å². The number of nitrogens with one attached hydrogen (secondary N) is 1. The third-order valence-corrected chi connectivity index (χ3v) is 3.42. The van der Waals surface area contributed by atoms with Crippen LogP contribution in [0.3, 0.4) is 0 Å². The van der Waals surface area contributed by atoms with Crippen molar-refractivity contribution in [3.8, 4) is 0 Å². The van der Waals surface area contributed by atoms with Gasteiger partial charge in [-0.25, -0.2) is 9.59 Å². The molecule has 0 saturated heterocycles. The summed E-state index contributed by atoms with van der Waals surface area (Å²) in [6.45, 7) is 3.56. The van der Waals surface area contributed by atoms with Gasteiger partial charge in [0.2, 0.25) is 0 Å². The Bertz CT molecular complexity index is 476. The van der Waals surface area contributed by atoms with Crippen LogP contribution in [0, 0.1) is 0 Å². The highest BCUT2D eigenvalue weighted by atomic mass is 35.5. The van der Waals surface area contributed by atoms with Crippen molar-refractivity contribution in [3.05, 3.63) is 34.9 Å². The third kappa shape index (κ3) is 4.13. The Morgan fingerprint density at radius 1 is 1.35 bits per heavy atom. The molecule has 2 unspecified atom stereocenters. The minimum absolute atomic E-state index is 0.228. The first-order chi connectivity index (χ1) is 9.36. The van der Waals surface area contributed by atoms with Crippen LogP contribution in [0.2, 0.25) is 5.02 Å². The lowest BCUT2D eigenvalue weighted by Gasteiger charge is -2.26. The molecule has 0 aromatic heterocycles. The number of nitrogens with zero attached hydrogens (tertiary/aromatic N) is 1. The fourth-order valence-electron chi connectivity index (χ4n) is 1.88. The van der Waals surface area contributed by atoms with Gasteiger partial charge in [0.15, 0.2) is 0 Å². The first kappa shape index (κ1) is 16.3. The largest absolute Gasteiger partial charge is 0.480 e. The molecule has 1 aromatic rings. The molecule has 110 valence electrons. The number of rotatable bonds is 5. The first-order valence-corrected chi connectivity index (χ1v) is 6.76. The zero-order valence-corrected chi connectivity index (χ0v) is 12.5. The molecule has 2 atom stereocenters. The van der Waals surface area contributed by atoms with Crippen LogP contribution in [-0.4, -0.2) is 35.1 Å². The number of carboxylic acid groups (broad SMARTS) is 1. The topological polar surface area (TPSA) is 69.6 Å². The number of likely N-dealkylation sites (N-methyl/N-ethyl adjacent to an activating group) is 1. The number of hydrogen-bond donors (Lipinski definition) is 2. The van der Waals surface area contributed by atoms with Gasteiger partial charge in [-0.3, -0.25) is 0 Å². The van der Waals surface area contributed by atoms with E-state index in [0.717, 1.165) is 5.56 Å². The molecule has 0 saturated carbocycles. The first-order valence-electron chi connectivity index (χ1n) is 6.38. The summed E-state index contributed by atoms with van der Waals surface area (Å²) in [5.41, 5.74) is 0.902. The summed E-state index contributed by atoms with van der Waals surface area (Å²) >= 11 is 5.81. The predicted molar refractivity (Wildman–Crippen MR) is 77.9 cm³/mol. The van der Waals surface area contributed by atoms with E-state index in [2.05, 4.69) is 5.32 Å². The Kier molecular flexibility index (Phi) is 5.82. The van der Waals surface area contributed by atoms with Crippen LogP contribution in [0.5, 0.6) is 0 Å². The molecule has 5 nitrogen and oxygen atoms in total. The molecule has 0 radical (unpaired) electrons. The van der Waals surface area contributed by atoms with Gasteiger partial charge in [-0.05, 0) is 31.0 Å². The normalized spacial score (nSPS) is 13.4. The van der Waals surface area contributed by atoms with Crippen molar-refractivity contribution in [1.82, 2.24) is 10.2 Å². The lowest BCUT2D eigenvalue weighted by atomic mass is 10.1. The fraction of sp³-hybridized carbons (Fsp3) is 0.429. The number of amides is 2. The van der Waals surface area contributed by atoms with Crippen molar-refractivity contribution in [3.63, 3.8) is 0 Å². The smallest absolute Gasteiger partial charge is 0.326 e. The summed E-state index contributed by atoms with van der Waals surface area (Å²) in [6, 6.07) is 5.66.